The first-order valence-corrected chi connectivity index (χ1v) is 7.83. The van der Waals surface area contributed by atoms with Crippen LogP contribution in [-0.4, -0.2) is 28.8 Å². The predicted molar refractivity (Wildman–Crippen MR) is 72.1 cm³/mol. The second kappa shape index (κ2) is 7.23. The highest BCUT2D eigenvalue weighted by atomic mass is 32.2. The summed E-state index contributed by atoms with van der Waals surface area (Å²) in [6.07, 6.45) is 4.91. The third kappa shape index (κ3) is 5.26. The average Bonchev–Trinajstić information content (AvgIpc) is 2.22. The molecule has 1 aliphatic rings. The summed E-state index contributed by atoms with van der Waals surface area (Å²) in [5.74, 6) is 3.08. The van der Waals surface area contributed by atoms with E-state index in [0.717, 1.165) is 36.4 Å². The standard InChI is InChI=1S/C13H25NOS/c1-4-16(15)6-5-14-10-13-8-11(2)7-12(3)9-13/h7,11,13-14H,4-6,8-10H2,1-3H3. The molecule has 0 saturated heterocycles. The van der Waals surface area contributed by atoms with Gasteiger partial charge in [0, 0.05) is 28.9 Å². The second-order valence-electron chi connectivity index (χ2n) is 4.93. The van der Waals surface area contributed by atoms with Crippen LogP contribution in [0.1, 0.15) is 33.6 Å². The second-order valence-corrected chi connectivity index (χ2v) is 6.80. The maximum Gasteiger partial charge on any atom is 0.0359 e. The lowest BCUT2D eigenvalue weighted by molar-refractivity contribution is 0.385. The fourth-order valence-corrected chi connectivity index (χ4v) is 3.14. The molecular weight excluding hydrogens is 218 g/mol. The van der Waals surface area contributed by atoms with Crippen molar-refractivity contribution in [1.82, 2.24) is 5.32 Å². The zero-order chi connectivity index (χ0) is 12.0. The summed E-state index contributed by atoms with van der Waals surface area (Å²) < 4.78 is 11.2. The molecule has 0 radical (unpaired) electrons. The van der Waals surface area contributed by atoms with Gasteiger partial charge < -0.3 is 5.32 Å². The van der Waals surface area contributed by atoms with Crippen LogP contribution in [0, 0.1) is 11.8 Å². The van der Waals surface area contributed by atoms with Gasteiger partial charge in [0.1, 0.15) is 0 Å². The Kier molecular flexibility index (Phi) is 6.29. The molecule has 0 aromatic rings. The van der Waals surface area contributed by atoms with Crippen LogP contribution in [0.5, 0.6) is 0 Å². The Labute approximate surface area is 102 Å². The van der Waals surface area contributed by atoms with E-state index in [-0.39, 0.29) is 0 Å². The lowest BCUT2D eigenvalue weighted by Crippen LogP contribution is -2.29. The normalized spacial score (nSPS) is 27.6. The highest BCUT2D eigenvalue weighted by Gasteiger charge is 2.17. The smallest absolute Gasteiger partial charge is 0.0359 e. The Morgan fingerprint density at radius 2 is 2.31 bits per heavy atom. The first-order chi connectivity index (χ1) is 7.61. The van der Waals surface area contributed by atoms with Crippen molar-refractivity contribution in [1.29, 1.82) is 0 Å². The molecule has 0 heterocycles. The largest absolute Gasteiger partial charge is 0.316 e. The van der Waals surface area contributed by atoms with E-state index in [1.165, 1.54) is 18.4 Å². The average molecular weight is 243 g/mol. The summed E-state index contributed by atoms with van der Waals surface area (Å²) in [5.41, 5.74) is 1.53. The van der Waals surface area contributed by atoms with E-state index in [1.54, 1.807) is 0 Å². The quantitative estimate of drug-likeness (QED) is 0.573. The van der Waals surface area contributed by atoms with Gasteiger partial charge in [-0.25, -0.2) is 0 Å². The van der Waals surface area contributed by atoms with Crippen LogP contribution in [0.3, 0.4) is 0 Å². The molecule has 3 unspecified atom stereocenters. The number of nitrogens with one attached hydrogen (secondary N) is 1. The molecule has 2 nitrogen and oxygen atoms in total. The third-order valence-corrected chi connectivity index (χ3v) is 4.45. The lowest BCUT2D eigenvalue weighted by Gasteiger charge is -2.25. The summed E-state index contributed by atoms with van der Waals surface area (Å²) >= 11 is 0. The third-order valence-electron chi connectivity index (χ3n) is 3.15. The first-order valence-electron chi connectivity index (χ1n) is 6.34. The lowest BCUT2D eigenvalue weighted by atomic mass is 9.84. The topological polar surface area (TPSA) is 29.1 Å². The molecular formula is C13H25NOS. The van der Waals surface area contributed by atoms with Crippen molar-refractivity contribution < 1.29 is 4.21 Å². The van der Waals surface area contributed by atoms with E-state index >= 15 is 0 Å². The van der Waals surface area contributed by atoms with E-state index in [0.29, 0.717) is 0 Å². The van der Waals surface area contributed by atoms with Gasteiger partial charge in [0.25, 0.3) is 0 Å². The highest BCUT2D eigenvalue weighted by molar-refractivity contribution is 7.84. The number of hydrogen-bond donors (Lipinski definition) is 1. The fourth-order valence-electron chi connectivity index (χ4n) is 2.48. The minimum atomic E-state index is -0.621. The van der Waals surface area contributed by atoms with Crippen LogP contribution in [0.25, 0.3) is 0 Å². The molecule has 3 heteroatoms. The van der Waals surface area contributed by atoms with Crippen LogP contribution in [-0.2, 0) is 10.8 Å². The predicted octanol–water partition coefficient (Wildman–Crippen LogP) is 2.34. The van der Waals surface area contributed by atoms with Crippen molar-refractivity contribution in [3.8, 4) is 0 Å². The molecule has 0 aromatic heterocycles. The maximum atomic E-state index is 11.2. The van der Waals surface area contributed by atoms with Crippen LogP contribution in [0.4, 0.5) is 0 Å². The molecule has 0 aromatic carbocycles. The maximum absolute atomic E-state index is 11.2. The minimum absolute atomic E-state index is 0.621. The molecule has 94 valence electrons. The van der Waals surface area contributed by atoms with Crippen LogP contribution < -0.4 is 5.32 Å². The molecule has 0 amide bonds. The Morgan fingerprint density at radius 3 is 2.94 bits per heavy atom. The molecule has 0 fully saturated rings. The summed E-state index contributed by atoms with van der Waals surface area (Å²) in [5, 5.41) is 3.44. The van der Waals surface area contributed by atoms with Gasteiger partial charge in [-0.05, 0) is 38.1 Å². The van der Waals surface area contributed by atoms with E-state index in [4.69, 9.17) is 0 Å². The van der Waals surface area contributed by atoms with Crippen LogP contribution >= 0.6 is 0 Å². The van der Waals surface area contributed by atoms with Gasteiger partial charge in [-0.15, -0.1) is 0 Å². The van der Waals surface area contributed by atoms with Crippen molar-refractivity contribution in [2.24, 2.45) is 11.8 Å². The van der Waals surface area contributed by atoms with Crippen LogP contribution in [0.2, 0.25) is 0 Å². The number of rotatable bonds is 6. The fraction of sp³-hybridized carbons (Fsp3) is 0.846. The minimum Gasteiger partial charge on any atom is -0.316 e. The van der Waals surface area contributed by atoms with Gasteiger partial charge in [-0.2, -0.15) is 0 Å². The molecule has 3 atom stereocenters. The SMILES string of the molecule is CCS(=O)CCNCC1CC(C)=CC(C)C1. The molecule has 1 N–H and O–H groups in total. The zero-order valence-corrected chi connectivity index (χ0v) is 11.6. The molecule has 0 aliphatic heterocycles. The number of hydrogen-bond acceptors (Lipinski definition) is 2. The van der Waals surface area contributed by atoms with E-state index in [1.807, 2.05) is 6.92 Å². The summed E-state index contributed by atoms with van der Waals surface area (Å²) in [4.78, 5) is 0. The van der Waals surface area contributed by atoms with E-state index in [9.17, 15) is 4.21 Å². The van der Waals surface area contributed by atoms with E-state index in [2.05, 4.69) is 25.2 Å². The molecule has 0 spiro atoms. The summed E-state index contributed by atoms with van der Waals surface area (Å²) in [7, 11) is -0.621. The number of allylic oxidation sites excluding steroid dienone is 2. The van der Waals surface area contributed by atoms with Gasteiger partial charge in [0.15, 0.2) is 0 Å². The molecule has 1 aliphatic carbocycles. The van der Waals surface area contributed by atoms with E-state index < -0.39 is 10.8 Å². The zero-order valence-electron chi connectivity index (χ0n) is 10.8. The van der Waals surface area contributed by atoms with Gasteiger partial charge >= 0.3 is 0 Å². The van der Waals surface area contributed by atoms with Gasteiger partial charge in [-0.3, -0.25) is 4.21 Å². The Morgan fingerprint density at radius 1 is 1.56 bits per heavy atom. The van der Waals surface area contributed by atoms with Gasteiger partial charge in [-0.1, -0.05) is 25.5 Å². The Bertz CT molecular complexity index is 263. The molecule has 16 heavy (non-hydrogen) atoms. The monoisotopic (exact) mass is 243 g/mol. The van der Waals surface area contributed by atoms with Crippen molar-refractivity contribution in [3.05, 3.63) is 11.6 Å². The molecule has 0 saturated carbocycles. The Balaban J connectivity index is 2.14. The van der Waals surface area contributed by atoms with Crippen molar-refractivity contribution >= 4 is 10.8 Å². The highest BCUT2D eigenvalue weighted by Crippen LogP contribution is 2.26. The van der Waals surface area contributed by atoms with Gasteiger partial charge in [0.2, 0.25) is 0 Å². The van der Waals surface area contributed by atoms with Crippen LogP contribution in [0.15, 0.2) is 11.6 Å². The Hall–Kier alpha value is -0.150. The van der Waals surface area contributed by atoms with Crippen molar-refractivity contribution in [3.63, 3.8) is 0 Å². The summed E-state index contributed by atoms with van der Waals surface area (Å²) in [6.45, 7) is 8.48. The first kappa shape index (κ1) is 13.9. The summed E-state index contributed by atoms with van der Waals surface area (Å²) in [6, 6.07) is 0. The molecule has 1 rings (SSSR count). The van der Waals surface area contributed by atoms with Gasteiger partial charge in [0.05, 0.1) is 0 Å². The van der Waals surface area contributed by atoms with Crippen molar-refractivity contribution in [2.75, 3.05) is 24.6 Å². The molecule has 0 bridgehead atoms. The van der Waals surface area contributed by atoms with Crippen molar-refractivity contribution in [2.45, 2.75) is 33.6 Å².